The van der Waals surface area contributed by atoms with Crippen LogP contribution >= 0.6 is 0 Å². The molecule has 1 unspecified atom stereocenters. The van der Waals surface area contributed by atoms with Crippen molar-refractivity contribution in [3.05, 3.63) is 120 Å². The van der Waals surface area contributed by atoms with Crippen molar-refractivity contribution in [1.29, 1.82) is 0 Å². The molecule has 35 heavy (non-hydrogen) atoms. The summed E-state index contributed by atoms with van der Waals surface area (Å²) in [6.45, 7) is 4.99. The van der Waals surface area contributed by atoms with E-state index in [2.05, 4.69) is 6.58 Å². The van der Waals surface area contributed by atoms with Gasteiger partial charge < -0.3 is 24.1 Å². The maximum absolute atomic E-state index is 12.1. The zero-order valence-electron chi connectivity index (χ0n) is 19.5. The molecule has 0 aliphatic carbocycles. The van der Waals surface area contributed by atoms with Gasteiger partial charge in [0.1, 0.15) is 18.3 Å². The molecule has 6 nitrogen and oxygen atoms in total. The molecule has 1 fully saturated rings. The van der Waals surface area contributed by atoms with Gasteiger partial charge in [0.25, 0.3) is 0 Å². The molecule has 3 aromatic rings. The molecule has 1 N–H and O–H groups in total. The second kappa shape index (κ2) is 12.5. The first-order valence-corrected chi connectivity index (χ1v) is 11.6. The van der Waals surface area contributed by atoms with E-state index >= 15 is 0 Å². The molecular weight excluding hydrogens is 444 g/mol. The lowest BCUT2D eigenvalue weighted by molar-refractivity contribution is -0.122. The Morgan fingerprint density at radius 2 is 1.31 bits per heavy atom. The average molecular weight is 475 g/mol. The number of carbonyl (C=O) groups excluding carboxylic acids is 1. The number of ketones is 1. The normalized spacial score (nSPS) is 18.9. The molecule has 0 bridgehead atoms. The molecule has 0 saturated carbocycles. The number of hydrogen-bond donors (Lipinski definition) is 1. The zero-order chi connectivity index (χ0) is 24.5. The summed E-state index contributed by atoms with van der Waals surface area (Å²) in [7, 11) is 0. The van der Waals surface area contributed by atoms with E-state index in [-0.39, 0.29) is 12.2 Å². The Hall–Kier alpha value is -3.13. The number of aliphatic hydroxyl groups excluding tert-OH is 1. The summed E-state index contributed by atoms with van der Waals surface area (Å²) >= 11 is 0. The Balaban J connectivity index is 1.45. The van der Waals surface area contributed by atoms with Gasteiger partial charge in [0, 0.05) is 5.56 Å². The Morgan fingerprint density at radius 1 is 0.829 bits per heavy atom. The van der Waals surface area contributed by atoms with Crippen LogP contribution in [0.3, 0.4) is 0 Å². The highest BCUT2D eigenvalue weighted by molar-refractivity contribution is 5.93. The second-order valence-electron chi connectivity index (χ2n) is 8.32. The van der Waals surface area contributed by atoms with Gasteiger partial charge in [0.15, 0.2) is 12.1 Å². The van der Waals surface area contributed by atoms with Crippen molar-refractivity contribution >= 4 is 5.78 Å². The van der Waals surface area contributed by atoms with E-state index in [0.717, 1.165) is 17.2 Å². The van der Waals surface area contributed by atoms with Crippen LogP contribution in [0.4, 0.5) is 0 Å². The number of hydrogen-bond acceptors (Lipinski definition) is 6. The van der Waals surface area contributed by atoms with E-state index < -0.39 is 18.2 Å². The third-order valence-electron chi connectivity index (χ3n) is 5.81. The molecule has 0 aromatic heterocycles. The van der Waals surface area contributed by atoms with Crippen molar-refractivity contribution < 1.29 is 28.8 Å². The molecule has 4 rings (SSSR count). The molecule has 1 aliphatic heterocycles. The molecule has 1 saturated heterocycles. The van der Waals surface area contributed by atoms with Crippen LogP contribution in [-0.2, 0) is 37.0 Å². The summed E-state index contributed by atoms with van der Waals surface area (Å²) in [4.78, 5) is 12.1. The third kappa shape index (κ3) is 6.72. The van der Waals surface area contributed by atoms with Crippen LogP contribution in [0, 0.1) is 0 Å². The minimum absolute atomic E-state index is 0.307. The highest BCUT2D eigenvalue weighted by Crippen LogP contribution is 2.36. The van der Waals surface area contributed by atoms with Gasteiger partial charge in [-0.3, -0.25) is 4.79 Å². The zero-order valence-corrected chi connectivity index (χ0v) is 19.5. The monoisotopic (exact) mass is 474 g/mol. The van der Waals surface area contributed by atoms with Crippen LogP contribution in [0.5, 0.6) is 0 Å². The molecule has 1 heterocycles. The van der Waals surface area contributed by atoms with Crippen molar-refractivity contribution in [2.75, 3.05) is 13.2 Å². The topological polar surface area (TPSA) is 74.2 Å². The summed E-state index contributed by atoms with van der Waals surface area (Å²) < 4.78 is 24.3. The Labute approximate surface area is 205 Å². The van der Waals surface area contributed by atoms with Crippen LogP contribution < -0.4 is 0 Å². The minimum Gasteiger partial charge on any atom is -0.380 e. The molecule has 0 radical (unpaired) electrons. The first-order valence-electron chi connectivity index (χ1n) is 11.6. The van der Waals surface area contributed by atoms with Crippen molar-refractivity contribution in [2.45, 2.75) is 37.8 Å². The van der Waals surface area contributed by atoms with Gasteiger partial charge in [0.2, 0.25) is 0 Å². The lowest BCUT2D eigenvalue weighted by Gasteiger charge is -2.18. The highest BCUT2D eigenvalue weighted by Gasteiger charge is 2.39. The number of carbonyl (C=O) groups is 1. The molecule has 182 valence electrons. The lowest BCUT2D eigenvalue weighted by Crippen LogP contribution is -2.31. The van der Waals surface area contributed by atoms with E-state index in [1.165, 1.54) is 0 Å². The van der Waals surface area contributed by atoms with Gasteiger partial charge in [-0.05, 0) is 22.8 Å². The summed E-state index contributed by atoms with van der Waals surface area (Å²) in [6, 6.07) is 26.9. The number of rotatable bonds is 12. The van der Waals surface area contributed by atoms with E-state index in [4.69, 9.17) is 18.9 Å². The molecule has 0 spiro atoms. The summed E-state index contributed by atoms with van der Waals surface area (Å²) in [5.74, 6) is -0.485. The number of ether oxygens (including phenoxy) is 4. The van der Waals surface area contributed by atoms with E-state index in [1.54, 1.807) is 18.2 Å². The minimum atomic E-state index is -1.34. The SMILES string of the molecule is C=CC(=O)C(O)c1ccccc1C1O[C@@H](COCc2ccccc2)[C@H](COCc2ccccc2)O1. The molecule has 3 atom stereocenters. The van der Waals surface area contributed by atoms with Gasteiger partial charge in [-0.2, -0.15) is 0 Å². The van der Waals surface area contributed by atoms with E-state index in [1.807, 2.05) is 66.7 Å². The number of benzene rings is 3. The maximum atomic E-state index is 12.1. The molecule has 6 heteroatoms. The first kappa shape index (κ1) is 25.0. The fourth-order valence-electron chi connectivity index (χ4n) is 3.94. The predicted molar refractivity (Wildman–Crippen MR) is 131 cm³/mol. The van der Waals surface area contributed by atoms with Gasteiger partial charge in [-0.1, -0.05) is 91.5 Å². The van der Waals surface area contributed by atoms with E-state index in [9.17, 15) is 9.90 Å². The standard InChI is InChI=1S/C29H30O6/c1-2-25(30)28(31)23-15-9-10-16-24(23)29-34-26(19-32-17-21-11-5-3-6-12-21)27(35-29)20-33-18-22-13-7-4-8-14-22/h2-16,26-29,31H,1,17-20H2/t26-,27-,28?/m0/s1. The first-order chi connectivity index (χ1) is 17.2. The Bertz CT molecular complexity index is 1030. The van der Waals surface area contributed by atoms with Crippen LogP contribution in [0.2, 0.25) is 0 Å². The van der Waals surface area contributed by atoms with Gasteiger partial charge in [-0.15, -0.1) is 0 Å². The molecule has 1 aliphatic rings. The van der Waals surface area contributed by atoms with Crippen LogP contribution in [0.1, 0.15) is 34.6 Å². The quantitative estimate of drug-likeness (QED) is 0.384. The van der Waals surface area contributed by atoms with Crippen molar-refractivity contribution in [3.63, 3.8) is 0 Å². The third-order valence-corrected chi connectivity index (χ3v) is 5.81. The summed E-state index contributed by atoms with van der Waals surface area (Å²) in [6.07, 6.45) is -1.77. The van der Waals surface area contributed by atoms with Gasteiger partial charge in [0.05, 0.1) is 26.4 Å². The Kier molecular flexibility index (Phi) is 8.95. The highest BCUT2D eigenvalue weighted by atomic mass is 16.7. The van der Waals surface area contributed by atoms with Crippen LogP contribution in [0.15, 0.2) is 97.6 Å². The molecule has 0 amide bonds. The lowest BCUT2D eigenvalue weighted by atomic mass is 9.99. The fourth-order valence-corrected chi connectivity index (χ4v) is 3.94. The van der Waals surface area contributed by atoms with Crippen molar-refractivity contribution in [3.8, 4) is 0 Å². The summed E-state index contributed by atoms with van der Waals surface area (Å²) in [5.41, 5.74) is 3.15. The largest absolute Gasteiger partial charge is 0.380 e. The molecular formula is C29H30O6. The van der Waals surface area contributed by atoms with E-state index in [0.29, 0.717) is 37.6 Å². The fraction of sp³-hybridized carbons (Fsp3) is 0.276. The second-order valence-corrected chi connectivity index (χ2v) is 8.32. The van der Waals surface area contributed by atoms with Gasteiger partial charge >= 0.3 is 0 Å². The Morgan fingerprint density at radius 3 is 1.83 bits per heavy atom. The van der Waals surface area contributed by atoms with Crippen molar-refractivity contribution in [1.82, 2.24) is 0 Å². The average Bonchev–Trinajstić information content (AvgIpc) is 3.31. The van der Waals surface area contributed by atoms with Crippen LogP contribution in [0.25, 0.3) is 0 Å². The van der Waals surface area contributed by atoms with Gasteiger partial charge in [-0.25, -0.2) is 0 Å². The smallest absolute Gasteiger partial charge is 0.188 e. The molecule has 3 aromatic carbocycles. The predicted octanol–water partition coefficient (Wildman–Crippen LogP) is 4.69. The number of aliphatic hydroxyl groups is 1. The summed E-state index contributed by atoms with van der Waals surface area (Å²) in [5, 5.41) is 10.5. The van der Waals surface area contributed by atoms with Crippen molar-refractivity contribution in [2.24, 2.45) is 0 Å². The van der Waals surface area contributed by atoms with Crippen LogP contribution in [-0.4, -0.2) is 36.3 Å². The maximum Gasteiger partial charge on any atom is 0.188 e.